The number of benzene rings is 1. The molecule has 0 aromatic heterocycles. The van der Waals surface area contributed by atoms with E-state index in [1.807, 2.05) is 29.2 Å². The normalized spacial score (nSPS) is 26.0. The SMILES string of the molecule is O=C1[C@@H](N2CCC[C@H](OCCO)C2)CCN1c1cccc(Cl)c1. The van der Waals surface area contributed by atoms with Crippen LogP contribution in [0.5, 0.6) is 0 Å². The number of amides is 1. The Bertz CT molecular complexity index is 554. The van der Waals surface area contributed by atoms with Crippen molar-refractivity contribution in [3.63, 3.8) is 0 Å². The van der Waals surface area contributed by atoms with Gasteiger partial charge in [0, 0.05) is 23.8 Å². The molecule has 23 heavy (non-hydrogen) atoms. The van der Waals surface area contributed by atoms with Gasteiger partial charge < -0.3 is 14.7 Å². The van der Waals surface area contributed by atoms with Gasteiger partial charge in [-0.25, -0.2) is 0 Å². The van der Waals surface area contributed by atoms with Crippen molar-refractivity contribution in [2.24, 2.45) is 0 Å². The number of nitrogens with zero attached hydrogens (tertiary/aromatic N) is 2. The first kappa shape index (κ1) is 16.7. The fraction of sp³-hybridized carbons (Fsp3) is 0.588. The second-order valence-electron chi connectivity index (χ2n) is 6.13. The van der Waals surface area contributed by atoms with Crippen LogP contribution in [-0.4, -0.2) is 60.9 Å². The molecule has 1 N–H and O–H groups in total. The number of likely N-dealkylation sites (tertiary alicyclic amines) is 1. The lowest BCUT2D eigenvalue weighted by Gasteiger charge is -2.35. The van der Waals surface area contributed by atoms with Gasteiger partial charge in [-0.1, -0.05) is 17.7 Å². The lowest BCUT2D eigenvalue weighted by atomic mass is 10.0. The molecule has 3 rings (SSSR count). The fourth-order valence-electron chi connectivity index (χ4n) is 3.51. The first-order valence-corrected chi connectivity index (χ1v) is 8.60. The molecule has 0 unspecified atom stereocenters. The zero-order valence-corrected chi connectivity index (χ0v) is 13.9. The zero-order valence-electron chi connectivity index (χ0n) is 13.2. The van der Waals surface area contributed by atoms with Gasteiger partial charge in [0.1, 0.15) is 0 Å². The molecule has 0 saturated carbocycles. The van der Waals surface area contributed by atoms with Crippen LogP contribution in [-0.2, 0) is 9.53 Å². The molecule has 5 nitrogen and oxygen atoms in total. The van der Waals surface area contributed by atoms with E-state index >= 15 is 0 Å². The molecule has 0 spiro atoms. The van der Waals surface area contributed by atoms with E-state index in [4.69, 9.17) is 21.4 Å². The second kappa shape index (κ2) is 7.62. The van der Waals surface area contributed by atoms with Crippen molar-refractivity contribution in [3.05, 3.63) is 29.3 Å². The topological polar surface area (TPSA) is 53.0 Å². The number of rotatable bonds is 5. The number of halogens is 1. The minimum atomic E-state index is -0.0745. The van der Waals surface area contributed by atoms with Crippen LogP contribution in [0.15, 0.2) is 24.3 Å². The molecule has 2 aliphatic heterocycles. The number of carbonyl (C=O) groups is 1. The summed E-state index contributed by atoms with van der Waals surface area (Å²) in [6.07, 6.45) is 2.97. The smallest absolute Gasteiger partial charge is 0.244 e. The van der Waals surface area contributed by atoms with Gasteiger partial charge in [0.2, 0.25) is 5.91 Å². The van der Waals surface area contributed by atoms with Crippen LogP contribution < -0.4 is 4.90 Å². The minimum Gasteiger partial charge on any atom is -0.394 e. The zero-order chi connectivity index (χ0) is 16.2. The van der Waals surface area contributed by atoms with Crippen LogP contribution in [0.2, 0.25) is 5.02 Å². The molecule has 2 saturated heterocycles. The van der Waals surface area contributed by atoms with Crippen LogP contribution in [0.1, 0.15) is 19.3 Å². The lowest BCUT2D eigenvalue weighted by molar-refractivity contribution is -0.123. The maximum Gasteiger partial charge on any atom is 0.244 e. The summed E-state index contributed by atoms with van der Waals surface area (Å²) >= 11 is 6.04. The van der Waals surface area contributed by atoms with E-state index in [1.54, 1.807) is 0 Å². The van der Waals surface area contributed by atoms with Crippen molar-refractivity contribution in [1.82, 2.24) is 4.90 Å². The quantitative estimate of drug-likeness (QED) is 0.891. The first-order chi connectivity index (χ1) is 11.2. The maximum atomic E-state index is 12.8. The highest BCUT2D eigenvalue weighted by Gasteiger charge is 2.38. The number of hydrogen-bond donors (Lipinski definition) is 1. The second-order valence-corrected chi connectivity index (χ2v) is 6.56. The van der Waals surface area contributed by atoms with Gasteiger partial charge in [0.25, 0.3) is 0 Å². The number of aliphatic hydroxyl groups excluding tert-OH is 1. The Morgan fingerprint density at radius 3 is 2.96 bits per heavy atom. The summed E-state index contributed by atoms with van der Waals surface area (Å²) in [5.41, 5.74) is 0.870. The largest absolute Gasteiger partial charge is 0.394 e. The third-order valence-corrected chi connectivity index (χ3v) is 4.83. The van der Waals surface area contributed by atoms with Gasteiger partial charge in [-0.05, 0) is 44.0 Å². The minimum absolute atomic E-state index is 0.0431. The molecule has 0 bridgehead atoms. The number of aliphatic hydroxyl groups is 1. The maximum absolute atomic E-state index is 12.8. The van der Waals surface area contributed by atoms with Gasteiger partial charge in [-0.3, -0.25) is 9.69 Å². The van der Waals surface area contributed by atoms with Crippen molar-refractivity contribution < 1.29 is 14.6 Å². The van der Waals surface area contributed by atoms with E-state index in [2.05, 4.69) is 4.90 Å². The van der Waals surface area contributed by atoms with Crippen molar-refractivity contribution >= 4 is 23.2 Å². The van der Waals surface area contributed by atoms with E-state index in [0.717, 1.165) is 44.6 Å². The van der Waals surface area contributed by atoms with Gasteiger partial charge in [-0.15, -0.1) is 0 Å². The fourth-order valence-corrected chi connectivity index (χ4v) is 3.69. The molecule has 1 amide bonds. The molecule has 2 aliphatic rings. The highest BCUT2D eigenvalue weighted by atomic mass is 35.5. The summed E-state index contributed by atoms with van der Waals surface area (Å²) in [5.74, 6) is 0.148. The van der Waals surface area contributed by atoms with E-state index < -0.39 is 0 Å². The average molecular weight is 339 g/mol. The van der Waals surface area contributed by atoms with Gasteiger partial charge >= 0.3 is 0 Å². The molecule has 2 atom stereocenters. The number of carbonyl (C=O) groups excluding carboxylic acids is 1. The Morgan fingerprint density at radius 2 is 2.17 bits per heavy atom. The molecule has 0 aliphatic carbocycles. The molecule has 0 radical (unpaired) electrons. The summed E-state index contributed by atoms with van der Waals surface area (Å²) in [7, 11) is 0. The Balaban J connectivity index is 1.64. The highest BCUT2D eigenvalue weighted by molar-refractivity contribution is 6.30. The van der Waals surface area contributed by atoms with Gasteiger partial charge in [-0.2, -0.15) is 0 Å². The van der Waals surface area contributed by atoms with Crippen LogP contribution in [0.4, 0.5) is 5.69 Å². The Kier molecular flexibility index (Phi) is 5.54. The molecule has 2 heterocycles. The number of piperidine rings is 1. The predicted molar refractivity (Wildman–Crippen MR) is 89.8 cm³/mol. The molecule has 6 heteroatoms. The number of anilines is 1. The Labute approximate surface area is 141 Å². The Morgan fingerprint density at radius 1 is 1.30 bits per heavy atom. The third-order valence-electron chi connectivity index (χ3n) is 4.59. The number of hydrogen-bond acceptors (Lipinski definition) is 4. The molecule has 126 valence electrons. The average Bonchev–Trinajstić information content (AvgIpc) is 2.95. The highest BCUT2D eigenvalue weighted by Crippen LogP contribution is 2.28. The van der Waals surface area contributed by atoms with Crippen molar-refractivity contribution in [1.29, 1.82) is 0 Å². The van der Waals surface area contributed by atoms with Crippen LogP contribution >= 0.6 is 11.6 Å². The van der Waals surface area contributed by atoms with Gasteiger partial charge in [0.15, 0.2) is 0 Å². The third kappa shape index (κ3) is 3.86. The molecule has 2 fully saturated rings. The molecule has 1 aromatic carbocycles. The molecular weight excluding hydrogens is 316 g/mol. The summed E-state index contributed by atoms with van der Waals surface area (Å²) in [6.45, 7) is 2.83. The predicted octanol–water partition coefficient (Wildman–Crippen LogP) is 1.92. The first-order valence-electron chi connectivity index (χ1n) is 8.22. The van der Waals surface area contributed by atoms with Crippen LogP contribution in [0.3, 0.4) is 0 Å². The Hall–Kier alpha value is -1.14. The summed E-state index contributed by atoms with van der Waals surface area (Å²) in [4.78, 5) is 16.9. The molecule has 1 aromatic rings. The van der Waals surface area contributed by atoms with Gasteiger partial charge in [0.05, 0.1) is 25.4 Å². The standard InChI is InChI=1S/C17H23ClN2O3/c18-13-3-1-4-14(11-13)20-8-6-16(17(20)22)19-7-2-5-15(12-19)23-10-9-21/h1,3-4,11,15-16,21H,2,5-10,12H2/t15-,16-/m0/s1. The van der Waals surface area contributed by atoms with Crippen LogP contribution in [0, 0.1) is 0 Å². The monoisotopic (exact) mass is 338 g/mol. The summed E-state index contributed by atoms with van der Waals surface area (Å²) in [5, 5.41) is 9.54. The number of ether oxygens (including phenoxy) is 1. The van der Waals surface area contributed by atoms with E-state index in [9.17, 15) is 4.79 Å². The summed E-state index contributed by atoms with van der Waals surface area (Å²) in [6, 6.07) is 7.38. The van der Waals surface area contributed by atoms with Crippen molar-refractivity contribution in [2.45, 2.75) is 31.4 Å². The van der Waals surface area contributed by atoms with Crippen LogP contribution in [0.25, 0.3) is 0 Å². The van der Waals surface area contributed by atoms with Crippen molar-refractivity contribution in [3.8, 4) is 0 Å². The molecular formula is C17H23ClN2O3. The summed E-state index contributed by atoms with van der Waals surface area (Å²) < 4.78 is 5.65. The lowest BCUT2D eigenvalue weighted by Crippen LogP contribution is -2.49. The van der Waals surface area contributed by atoms with Crippen molar-refractivity contribution in [2.75, 3.05) is 37.7 Å². The van der Waals surface area contributed by atoms with E-state index in [0.29, 0.717) is 11.6 Å². The van der Waals surface area contributed by atoms with E-state index in [1.165, 1.54) is 0 Å². The van der Waals surface area contributed by atoms with E-state index in [-0.39, 0.29) is 24.7 Å².